The maximum absolute atomic E-state index is 12.5. The second-order valence-electron chi connectivity index (χ2n) is 6.90. The first kappa shape index (κ1) is 18.7. The molecule has 146 valence electrons. The Morgan fingerprint density at radius 1 is 1.11 bits per heavy atom. The monoisotopic (exact) mass is 398 g/mol. The van der Waals surface area contributed by atoms with Crippen molar-refractivity contribution in [3.05, 3.63) is 53.4 Å². The molecule has 1 aliphatic rings. The van der Waals surface area contributed by atoms with E-state index in [2.05, 4.69) is 24.8 Å². The van der Waals surface area contributed by atoms with Crippen molar-refractivity contribution >= 4 is 34.5 Å². The van der Waals surface area contributed by atoms with Gasteiger partial charge < -0.3 is 14.8 Å². The maximum Gasteiger partial charge on any atom is 0.321 e. The fourth-order valence-corrected chi connectivity index (χ4v) is 3.70. The lowest BCUT2D eigenvalue weighted by Crippen LogP contribution is -2.50. The van der Waals surface area contributed by atoms with E-state index in [9.17, 15) is 4.79 Å². The van der Waals surface area contributed by atoms with Crippen LogP contribution in [0.1, 0.15) is 5.82 Å². The minimum absolute atomic E-state index is 0.103. The summed E-state index contributed by atoms with van der Waals surface area (Å²) in [5.41, 5.74) is 2.50. The molecule has 8 heteroatoms. The number of halogens is 1. The molecule has 3 heterocycles. The summed E-state index contributed by atoms with van der Waals surface area (Å²) >= 11 is 6.12. The highest BCUT2D eigenvalue weighted by Crippen LogP contribution is 2.21. The van der Waals surface area contributed by atoms with Crippen LogP contribution in [-0.4, -0.2) is 63.1 Å². The highest BCUT2D eigenvalue weighted by molar-refractivity contribution is 6.33. The standard InChI is InChI=1S/C20H23ClN6O/c1-15-23-18-7-4-8-22-19(18)27(15)14-11-25-9-12-26(13-10-25)20(28)24-17-6-3-2-5-16(17)21/h2-8H,9-14H2,1H3,(H,24,28). The number of hydrogen-bond acceptors (Lipinski definition) is 4. The number of carbonyl (C=O) groups excluding carboxylic acids is 1. The predicted molar refractivity (Wildman–Crippen MR) is 111 cm³/mol. The summed E-state index contributed by atoms with van der Waals surface area (Å²) < 4.78 is 2.16. The van der Waals surface area contributed by atoms with Gasteiger partial charge in [0.1, 0.15) is 11.3 Å². The third-order valence-electron chi connectivity index (χ3n) is 5.11. The third-order valence-corrected chi connectivity index (χ3v) is 5.44. The number of amides is 2. The van der Waals surface area contributed by atoms with Crippen molar-refractivity contribution in [3.8, 4) is 0 Å². The number of nitrogens with one attached hydrogen (secondary N) is 1. The molecule has 0 saturated carbocycles. The van der Waals surface area contributed by atoms with Crippen LogP contribution in [0.2, 0.25) is 5.02 Å². The van der Waals surface area contributed by atoms with Crippen molar-refractivity contribution in [2.24, 2.45) is 0 Å². The van der Waals surface area contributed by atoms with Crippen LogP contribution in [0, 0.1) is 6.92 Å². The summed E-state index contributed by atoms with van der Waals surface area (Å²) in [6, 6.07) is 11.1. The molecule has 0 spiro atoms. The van der Waals surface area contributed by atoms with Gasteiger partial charge in [-0.05, 0) is 31.2 Å². The van der Waals surface area contributed by atoms with Gasteiger partial charge in [-0.1, -0.05) is 23.7 Å². The van der Waals surface area contributed by atoms with E-state index in [1.165, 1.54) is 0 Å². The van der Waals surface area contributed by atoms with Gasteiger partial charge >= 0.3 is 6.03 Å². The van der Waals surface area contributed by atoms with Crippen LogP contribution < -0.4 is 5.32 Å². The number of fused-ring (bicyclic) bond motifs is 1. The number of aromatic nitrogens is 3. The lowest BCUT2D eigenvalue weighted by molar-refractivity contribution is 0.144. The van der Waals surface area contributed by atoms with Crippen LogP contribution in [0.5, 0.6) is 0 Å². The fraction of sp³-hybridized carbons (Fsp3) is 0.350. The minimum Gasteiger partial charge on any atom is -0.322 e. The van der Waals surface area contributed by atoms with Crippen LogP contribution in [0.3, 0.4) is 0 Å². The first-order chi connectivity index (χ1) is 13.6. The van der Waals surface area contributed by atoms with Gasteiger partial charge in [0.15, 0.2) is 5.65 Å². The largest absolute Gasteiger partial charge is 0.322 e. The van der Waals surface area contributed by atoms with E-state index in [0.29, 0.717) is 23.8 Å². The Morgan fingerprint density at radius 2 is 1.89 bits per heavy atom. The molecule has 3 aromatic rings. The van der Waals surface area contributed by atoms with E-state index < -0.39 is 0 Å². The molecule has 0 atom stereocenters. The molecule has 1 N–H and O–H groups in total. The summed E-state index contributed by atoms with van der Waals surface area (Å²) in [7, 11) is 0. The predicted octanol–water partition coefficient (Wildman–Crippen LogP) is 3.24. The van der Waals surface area contributed by atoms with Gasteiger partial charge in [-0.3, -0.25) is 4.90 Å². The highest BCUT2D eigenvalue weighted by Gasteiger charge is 2.21. The first-order valence-corrected chi connectivity index (χ1v) is 9.80. The average molecular weight is 399 g/mol. The molecule has 2 aromatic heterocycles. The molecule has 1 aliphatic heterocycles. The van der Waals surface area contributed by atoms with E-state index in [1.54, 1.807) is 12.3 Å². The van der Waals surface area contributed by atoms with Crippen molar-refractivity contribution in [2.45, 2.75) is 13.5 Å². The number of piperazine rings is 1. The molecule has 0 unspecified atom stereocenters. The van der Waals surface area contributed by atoms with E-state index >= 15 is 0 Å². The van der Waals surface area contributed by atoms with E-state index in [-0.39, 0.29) is 6.03 Å². The Morgan fingerprint density at radius 3 is 2.68 bits per heavy atom. The molecule has 0 bridgehead atoms. The zero-order valence-electron chi connectivity index (χ0n) is 15.8. The van der Waals surface area contributed by atoms with Crippen LogP contribution in [-0.2, 0) is 6.54 Å². The van der Waals surface area contributed by atoms with Crippen LogP contribution in [0.15, 0.2) is 42.6 Å². The number of urea groups is 1. The highest BCUT2D eigenvalue weighted by atomic mass is 35.5. The number of nitrogens with zero attached hydrogens (tertiary/aromatic N) is 5. The van der Waals surface area contributed by atoms with E-state index in [1.807, 2.05) is 42.2 Å². The number of hydrogen-bond donors (Lipinski definition) is 1. The summed E-state index contributed by atoms with van der Waals surface area (Å²) in [5.74, 6) is 0.978. The molecular weight excluding hydrogens is 376 g/mol. The Labute approximate surface area is 168 Å². The molecule has 1 fully saturated rings. The maximum atomic E-state index is 12.5. The summed E-state index contributed by atoms with van der Waals surface area (Å²) in [6.07, 6.45) is 1.80. The fourth-order valence-electron chi connectivity index (χ4n) is 3.51. The second-order valence-corrected chi connectivity index (χ2v) is 7.30. The number of carbonyl (C=O) groups is 1. The average Bonchev–Trinajstić information content (AvgIpc) is 3.03. The zero-order valence-corrected chi connectivity index (χ0v) is 16.6. The van der Waals surface area contributed by atoms with Crippen LogP contribution >= 0.6 is 11.6 Å². The van der Waals surface area contributed by atoms with E-state index in [0.717, 1.165) is 43.2 Å². The van der Waals surface area contributed by atoms with Gasteiger partial charge in [0, 0.05) is 45.5 Å². The molecule has 1 saturated heterocycles. The van der Waals surface area contributed by atoms with Crippen molar-refractivity contribution in [2.75, 3.05) is 38.0 Å². The second kappa shape index (κ2) is 8.16. The van der Waals surface area contributed by atoms with Gasteiger partial charge in [0.2, 0.25) is 0 Å². The first-order valence-electron chi connectivity index (χ1n) is 9.42. The Hall–Kier alpha value is -2.64. The molecular formula is C20H23ClN6O. The number of pyridine rings is 1. The molecule has 0 radical (unpaired) electrons. The number of rotatable bonds is 4. The Bertz CT molecular complexity index is 980. The smallest absolute Gasteiger partial charge is 0.321 e. The minimum atomic E-state index is -0.103. The van der Waals surface area contributed by atoms with Crippen molar-refractivity contribution in [1.29, 1.82) is 0 Å². The summed E-state index contributed by atoms with van der Waals surface area (Å²) in [5, 5.41) is 3.44. The van der Waals surface area contributed by atoms with Gasteiger partial charge in [-0.2, -0.15) is 0 Å². The molecule has 2 amide bonds. The zero-order chi connectivity index (χ0) is 19.5. The summed E-state index contributed by atoms with van der Waals surface area (Å²) in [4.78, 5) is 25.7. The Kier molecular flexibility index (Phi) is 5.45. The number of para-hydroxylation sites is 1. The van der Waals surface area contributed by atoms with Gasteiger partial charge in [-0.25, -0.2) is 14.8 Å². The number of benzene rings is 1. The number of aryl methyl sites for hydroxylation is 1. The molecule has 4 rings (SSSR count). The number of anilines is 1. The molecule has 0 aliphatic carbocycles. The molecule has 7 nitrogen and oxygen atoms in total. The van der Waals surface area contributed by atoms with Gasteiger partial charge in [-0.15, -0.1) is 0 Å². The number of imidazole rings is 1. The van der Waals surface area contributed by atoms with Crippen LogP contribution in [0.4, 0.5) is 10.5 Å². The molecule has 1 aromatic carbocycles. The summed E-state index contributed by atoms with van der Waals surface area (Å²) in [6.45, 7) is 6.83. The van der Waals surface area contributed by atoms with E-state index in [4.69, 9.17) is 11.6 Å². The van der Waals surface area contributed by atoms with Crippen molar-refractivity contribution < 1.29 is 4.79 Å². The normalized spacial score (nSPS) is 15.1. The van der Waals surface area contributed by atoms with Gasteiger partial charge in [0.25, 0.3) is 0 Å². The SMILES string of the molecule is Cc1nc2cccnc2n1CCN1CCN(C(=O)Nc2ccccc2Cl)CC1. The third kappa shape index (κ3) is 3.95. The quantitative estimate of drug-likeness (QED) is 0.732. The Balaban J connectivity index is 1.30. The molecule has 28 heavy (non-hydrogen) atoms. The van der Waals surface area contributed by atoms with Gasteiger partial charge in [0.05, 0.1) is 10.7 Å². The topological polar surface area (TPSA) is 66.3 Å². The lowest BCUT2D eigenvalue weighted by atomic mass is 10.3. The van der Waals surface area contributed by atoms with Crippen molar-refractivity contribution in [1.82, 2.24) is 24.3 Å². The van der Waals surface area contributed by atoms with Crippen LogP contribution in [0.25, 0.3) is 11.2 Å². The van der Waals surface area contributed by atoms with Crippen molar-refractivity contribution in [3.63, 3.8) is 0 Å². The lowest BCUT2D eigenvalue weighted by Gasteiger charge is -2.34.